The van der Waals surface area contributed by atoms with Gasteiger partial charge >= 0.3 is 0 Å². The first kappa shape index (κ1) is 15.4. The molecular formula is C18H23NO2. The highest BCUT2D eigenvalue weighted by Gasteiger charge is 2.06. The van der Waals surface area contributed by atoms with E-state index in [9.17, 15) is 0 Å². The van der Waals surface area contributed by atoms with E-state index >= 15 is 0 Å². The number of aryl methyl sites for hydroxylation is 1. The molecule has 1 atom stereocenters. The minimum atomic E-state index is 0.386. The van der Waals surface area contributed by atoms with Crippen molar-refractivity contribution in [2.75, 3.05) is 13.7 Å². The highest BCUT2D eigenvalue weighted by atomic mass is 16.5. The lowest BCUT2D eigenvalue weighted by Gasteiger charge is -2.12. The maximum absolute atomic E-state index is 5.85. The molecule has 0 aliphatic rings. The van der Waals surface area contributed by atoms with Gasteiger partial charge in [0.2, 0.25) is 0 Å². The van der Waals surface area contributed by atoms with Crippen molar-refractivity contribution < 1.29 is 9.47 Å². The summed E-state index contributed by atoms with van der Waals surface area (Å²) in [5, 5.41) is 0. The lowest BCUT2D eigenvalue weighted by atomic mass is 10.0. The average molecular weight is 285 g/mol. The molecule has 21 heavy (non-hydrogen) atoms. The van der Waals surface area contributed by atoms with E-state index in [4.69, 9.17) is 15.2 Å². The molecule has 0 fully saturated rings. The lowest BCUT2D eigenvalue weighted by Crippen LogP contribution is -2.08. The van der Waals surface area contributed by atoms with Crippen LogP contribution in [0.1, 0.15) is 29.5 Å². The Balaban J connectivity index is 2.03. The molecule has 112 valence electrons. The van der Waals surface area contributed by atoms with E-state index in [2.05, 4.69) is 31.2 Å². The minimum absolute atomic E-state index is 0.386. The molecule has 0 saturated heterocycles. The van der Waals surface area contributed by atoms with Gasteiger partial charge in [0.25, 0.3) is 0 Å². The molecule has 0 bridgehead atoms. The van der Waals surface area contributed by atoms with Crippen molar-refractivity contribution in [2.45, 2.75) is 26.4 Å². The summed E-state index contributed by atoms with van der Waals surface area (Å²) in [6, 6.07) is 14.3. The Morgan fingerprint density at radius 2 is 1.76 bits per heavy atom. The fourth-order valence-corrected chi connectivity index (χ4v) is 2.13. The highest BCUT2D eigenvalue weighted by molar-refractivity contribution is 5.42. The van der Waals surface area contributed by atoms with Gasteiger partial charge in [-0.2, -0.15) is 0 Å². The Labute approximate surface area is 126 Å². The van der Waals surface area contributed by atoms with Gasteiger partial charge in [-0.15, -0.1) is 0 Å². The van der Waals surface area contributed by atoms with Crippen LogP contribution in [-0.2, 0) is 6.61 Å². The third kappa shape index (κ3) is 3.99. The molecule has 0 saturated carbocycles. The standard InChI is InChI=1S/C18H23NO2/c1-13-4-9-17(18(10-13)20-3)21-12-15-5-7-16(8-6-15)14(2)11-19/h4-10,14H,11-12,19H2,1-3H3. The van der Waals surface area contributed by atoms with E-state index in [1.807, 2.05) is 25.1 Å². The maximum atomic E-state index is 5.85. The van der Waals surface area contributed by atoms with Gasteiger partial charge < -0.3 is 15.2 Å². The van der Waals surface area contributed by atoms with Crippen molar-refractivity contribution in [3.8, 4) is 11.5 Å². The van der Waals surface area contributed by atoms with Gasteiger partial charge in [0.1, 0.15) is 6.61 Å². The zero-order chi connectivity index (χ0) is 15.2. The first-order valence-corrected chi connectivity index (χ1v) is 7.20. The lowest BCUT2D eigenvalue weighted by molar-refractivity contribution is 0.284. The van der Waals surface area contributed by atoms with Gasteiger partial charge in [0.15, 0.2) is 11.5 Å². The Hall–Kier alpha value is -2.00. The molecule has 0 radical (unpaired) electrons. The first-order chi connectivity index (χ1) is 10.1. The van der Waals surface area contributed by atoms with Gasteiger partial charge in [-0.1, -0.05) is 37.3 Å². The van der Waals surface area contributed by atoms with E-state index < -0.39 is 0 Å². The van der Waals surface area contributed by atoms with Crippen molar-refractivity contribution in [1.29, 1.82) is 0 Å². The third-order valence-corrected chi connectivity index (χ3v) is 3.62. The van der Waals surface area contributed by atoms with Crippen LogP contribution in [0.5, 0.6) is 11.5 Å². The highest BCUT2D eigenvalue weighted by Crippen LogP contribution is 2.28. The molecule has 1 unspecified atom stereocenters. The second-order valence-corrected chi connectivity index (χ2v) is 5.32. The van der Waals surface area contributed by atoms with Crippen LogP contribution in [0.3, 0.4) is 0 Å². The number of benzene rings is 2. The molecular weight excluding hydrogens is 262 g/mol. The van der Waals surface area contributed by atoms with Crippen LogP contribution in [0, 0.1) is 6.92 Å². The Morgan fingerprint density at radius 3 is 2.38 bits per heavy atom. The second-order valence-electron chi connectivity index (χ2n) is 5.32. The molecule has 0 aliphatic carbocycles. The quantitative estimate of drug-likeness (QED) is 0.881. The molecule has 3 nitrogen and oxygen atoms in total. The summed E-state index contributed by atoms with van der Waals surface area (Å²) in [7, 11) is 1.66. The van der Waals surface area contributed by atoms with E-state index in [1.165, 1.54) is 5.56 Å². The van der Waals surface area contributed by atoms with Gasteiger partial charge in [-0.25, -0.2) is 0 Å². The number of hydrogen-bond donors (Lipinski definition) is 1. The predicted molar refractivity (Wildman–Crippen MR) is 86.0 cm³/mol. The summed E-state index contributed by atoms with van der Waals surface area (Å²) < 4.78 is 11.2. The van der Waals surface area contributed by atoms with E-state index in [-0.39, 0.29) is 0 Å². The minimum Gasteiger partial charge on any atom is -0.493 e. The summed E-state index contributed by atoms with van der Waals surface area (Å²) in [4.78, 5) is 0. The van der Waals surface area contributed by atoms with Crippen molar-refractivity contribution in [3.05, 3.63) is 59.2 Å². The molecule has 2 rings (SSSR count). The van der Waals surface area contributed by atoms with Crippen LogP contribution < -0.4 is 15.2 Å². The summed E-state index contributed by atoms with van der Waals surface area (Å²) in [5.41, 5.74) is 9.22. The van der Waals surface area contributed by atoms with Gasteiger partial charge in [-0.05, 0) is 48.2 Å². The van der Waals surface area contributed by atoms with Crippen LogP contribution in [0.2, 0.25) is 0 Å². The average Bonchev–Trinajstić information content (AvgIpc) is 2.53. The van der Waals surface area contributed by atoms with Crippen molar-refractivity contribution in [1.82, 2.24) is 0 Å². The van der Waals surface area contributed by atoms with Gasteiger partial charge in [0.05, 0.1) is 7.11 Å². The zero-order valence-corrected chi connectivity index (χ0v) is 12.9. The third-order valence-electron chi connectivity index (χ3n) is 3.62. The number of ether oxygens (including phenoxy) is 2. The van der Waals surface area contributed by atoms with Crippen LogP contribution in [0.4, 0.5) is 0 Å². The van der Waals surface area contributed by atoms with Gasteiger partial charge in [0, 0.05) is 0 Å². The zero-order valence-electron chi connectivity index (χ0n) is 12.9. The number of methoxy groups -OCH3 is 1. The van der Waals surface area contributed by atoms with Crippen LogP contribution in [0.25, 0.3) is 0 Å². The van der Waals surface area contributed by atoms with Crippen molar-refractivity contribution >= 4 is 0 Å². The van der Waals surface area contributed by atoms with Crippen LogP contribution in [-0.4, -0.2) is 13.7 Å². The smallest absolute Gasteiger partial charge is 0.161 e. The molecule has 0 aromatic heterocycles. The van der Waals surface area contributed by atoms with E-state index in [0.29, 0.717) is 19.1 Å². The molecule has 0 heterocycles. The monoisotopic (exact) mass is 285 g/mol. The molecule has 2 aromatic rings. The molecule has 3 heteroatoms. The summed E-state index contributed by atoms with van der Waals surface area (Å²) in [6.07, 6.45) is 0. The Bertz CT molecular complexity index is 578. The fourth-order valence-electron chi connectivity index (χ4n) is 2.13. The number of rotatable bonds is 6. The summed E-state index contributed by atoms with van der Waals surface area (Å²) in [5.74, 6) is 1.92. The molecule has 0 aliphatic heterocycles. The SMILES string of the molecule is COc1cc(C)ccc1OCc1ccc(C(C)CN)cc1. The Kier molecular flexibility index (Phi) is 5.23. The molecule has 0 spiro atoms. The summed E-state index contributed by atoms with van der Waals surface area (Å²) in [6.45, 7) is 5.35. The first-order valence-electron chi connectivity index (χ1n) is 7.20. The largest absolute Gasteiger partial charge is 0.493 e. The number of hydrogen-bond acceptors (Lipinski definition) is 3. The molecule has 0 amide bonds. The van der Waals surface area contributed by atoms with E-state index in [1.54, 1.807) is 7.11 Å². The normalized spacial score (nSPS) is 12.0. The van der Waals surface area contributed by atoms with Crippen LogP contribution >= 0.6 is 0 Å². The molecule has 2 aromatic carbocycles. The second kappa shape index (κ2) is 7.14. The topological polar surface area (TPSA) is 44.5 Å². The van der Waals surface area contributed by atoms with Gasteiger partial charge in [-0.3, -0.25) is 0 Å². The van der Waals surface area contributed by atoms with Crippen molar-refractivity contribution in [3.63, 3.8) is 0 Å². The summed E-state index contributed by atoms with van der Waals surface area (Å²) >= 11 is 0. The maximum Gasteiger partial charge on any atom is 0.161 e. The predicted octanol–water partition coefficient (Wildman–Crippen LogP) is 3.64. The fraction of sp³-hybridized carbons (Fsp3) is 0.333. The van der Waals surface area contributed by atoms with Crippen molar-refractivity contribution in [2.24, 2.45) is 5.73 Å². The molecule has 2 N–H and O–H groups in total. The van der Waals surface area contributed by atoms with Crippen LogP contribution in [0.15, 0.2) is 42.5 Å². The van der Waals surface area contributed by atoms with E-state index in [0.717, 1.165) is 22.6 Å². The number of nitrogens with two attached hydrogens (primary N) is 1. The Morgan fingerprint density at radius 1 is 1.05 bits per heavy atom.